The summed E-state index contributed by atoms with van der Waals surface area (Å²) in [7, 11) is 0. The van der Waals surface area contributed by atoms with Crippen LogP contribution in [0.25, 0.3) is 10.8 Å². The van der Waals surface area contributed by atoms with Gasteiger partial charge in [-0.15, -0.1) is 0 Å². The summed E-state index contributed by atoms with van der Waals surface area (Å²) in [5, 5.41) is 2.19. The Bertz CT molecular complexity index is 1390. The van der Waals surface area contributed by atoms with E-state index in [2.05, 4.69) is 31.7 Å². The van der Waals surface area contributed by atoms with Gasteiger partial charge < -0.3 is 24.3 Å². The summed E-state index contributed by atoms with van der Waals surface area (Å²) >= 11 is 0. The Hall–Kier alpha value is -3.92. The zero-order valence-corrected chi connectivity index (χ0v) is 25.5. The molecule has 4 heterocycles. The van der Waals surface area contributed by atoms with Crippen molar-refractivity contribution in [2.75, 3.05) is 85.0 Å². The van der Waals surface area contributed by atoms with Gasteiger partial charge in [-0.05, 0) is 48.6 Å². The molecule has 3 saturated heterocycles. The second kappa shape index (κ2) is 13.2. The first-order valence-corrected chi connectivity index (χ1v) is 15.7. The monoisotopic (exact) mass is 585 g/mol. The Labute approximate surface area is 254 Å². The number of esters is 1. The number of piperazine rings is 1. The highest BCUT2D eigenvalue weighted by molar-refractivity contribution is 5.95. The maximum absolute atomic E-state index is 12.8. The first-order valence-electron chi connectivity index (χ1n) is 15.7. The minimum atomic E-state index is -0.443. The molecule has 3 aliphatic heterocycles. The number of carbonyl (C=O) groups excluding carboxylic acids is 2. The molecule has 0 saturated carbocycles. The molecule has 10 heteroatoms. The van der Waals surface area contributed by atoms with Crippen LogP contribution in [-0.2, 0) is 14.3 Å². The van der Waals surface area contributed by atoms with Gasteiger partial charge in [0.15, 0.2) is 0 Å². The number of fused-ring (bicyclic) bond motifs is 1. The highest BCUT2D eigenvalue weighted by Crippen LogP contribution is 2.28. The second-order valence-corrected chi connectivity index (χ2v) is 12.0. The highest BCUT2D eigenvalue weighted by Gasteiger charge is 2.28. The first kappa shape index (κ1) is 29.2. The lowest BCUT2D eigenvalue weighted by Gasteiger charge is -2.38. The number of hydrogen-bond acceptors (Lipinski definition) is 9. The smallest absolute Gasteiger partial charge is 0.303 e. The van der Waals surface area contributed by atoms with Gasteiger partial charge in [0.1, 0.15) is 17.7 Å². The van der Waals surface area contributed by atoms with Crippen molar-refractivity contribution < 1.29 is 14.3 Å². The third-order valence-electron chi connectivity index (χ3n) is 8.81. The first-order chi connectivity index (χ1) is 20.9. The molecular formula is C33H43N7O3. The Kier molecular flexibility index (Phi) is 8.92. The van der Waals surface area contributed by atoms with E-state index in [1.807, 2.05) is 36.4 Å². The van der Waals surface area contributed by atoms with Crippen LogP contribution in [0.3, 0.4) is 0 Å². The average Bonchev–Trinajstić information content (AvgIpc) is 3.75. The van der Waals surface area contributed by atoms with Gasteiger partial charge in [0.2, 0.25) is 11.9 Å². The van der Waals surface area contributed by atoms with Gasteiger partial charge in [-0.25, -0.2) is 0 Å². The third-order valence-corrected chi connectivity index (χ3v) is 8.81. The molecule has 10 nitrogen and oxygen atoms in total. The summed E-state index contributed by atoms with van der Waals surface area (Å²) in [6.45, 7) is 11.3. The molecule has 1 atom stereocenters. The molecule has 2 aromatic carbocycles. The minimum Gasteiger partial charge on any atom is -0.459 e. The van der Waals surface area contributed by atoms with Crippen LogP contribution >= 0.6 is 0 Å². The van der Waals surface area contributed by atoms with Crippen molar-refractivity contribution in [2.45, 2.75) is 45.6 Å². The van der Waals surface area contributed by atoms with Crippen molar-refractivity contribution >= 4 is 45.9 Å². The molecule has 3 aromatic rings. The van der Waals surface area contributed by atoms with Gasteiger partial charge in [0.25, 0.3) is 0 Å². The van der Waals surface area contributed by atoms with Gasteiger partial charge >= 0.3 is 5.97 Å². The molecule has 0 bridgehead atoms. The van der Waals surface area contributed by atoms with Gasteiger partial charge in [-0.1, -0.05) is 30.3 Å². The van der Waals surface area contributed by atoms with Gasteiger partial charge in [0, 0.05) is 84.5 Å². The van der Waals surface area contributed by atoms with Crippen molar-refractivity contribution in [1.29, 1.82) is 0 Å². The summed E-state index contributed by atoms with van der Waals surface area (Å²) in [6, 6.07) is 16.3. The molecule has 6 rings (SSSR count). The molecule has 0 N–H and O–H groups in total. The van der Waals surface area contributed by atoms with E-state index in [1.54, 1.807) is 11.8 Å². The van der Waals surface area contributed by atoms with Crippen molar-refractivity contribution in [3.63, 3.8) is 0 Å². The largest absolute Gasteiger partial charge is 0.459 e. The Morgan fingerprint density at radius 1 is 0.767 bits per heavy atom. The summed E-state index contributed by atoms with van der Waals surface area (Å²) in [4.78, 5) is 46.0. The molecule has 0 spiro atoms. The summed E-state index contributed by atoms with van der Waals surface area (Å²) in [6.07, 6.45) is 4.36. The van der Waals surface area contributed by atoms with E-state index in [0.717, 1.165) is 86.4 Å². The van der Waals surface area contributed by atoms with Gasteiger partial charge in [-0.2, -0.15) is 9.97 Å². The van der Waals surface area contributed by atoms with E-state index in [4.69, 9.17) is 14.7 Å². The number of rotatable bonds is 9. The predicted octanol–water partition coefficient (Wildman–Crippen LogP) is 3.94. The molecule has 1 amide bonds. The number of amides is 1. The van der Waals surface area contributed by atoms with Gasteiger partial charge in [-0.3, -0.25) is 14.5 Å². The number of hydrogen-bond donors (Lipinski definition) is 0. The lowest BCUT2D eigenvalue weighted by Crippen LogP contribution is -2.51. The molecule has 1 unspecified atom stereocenters. The summed E-state index contributed by atoms with van der Waals surface area (Å²) in [5.41, 5.74) is 0.805. The quantitative estimate of drug-likeness (QED) is 0.347. The zero-order valence-electron chi connectivity index (χ0n) is 25.5. The summed E-state index contributed by atoms with van der Waals surface area (Å²) < 4.78 is 5.78. The Balaban J connectivity index is 1.13. The van der Waals surface area contributed by atoms with E-state index in [0.29, 0.717) is 13.1 Å². The van der Waals surface area contributed by atoms with Crippen LogP contribution in [0, 0.1) is 0 Å². The van der Waals surface area contributed by atoms with Crippen LogP contribution < -0.4 is 19.6 Å². The molecule has 3 aliphatic rings. The fourth-order valence-electron chi connectivity index (χ4n) is 6.52. The number of carbonyl (C=O) groups is 2. The summed E-state index contributed by atoms with van der Waals surface area (Å²) in [5.74, 6) is 2.47. The molecule has 0 radical (unpaired) electrons. The normalized spacial score (nSPS) is 18.3. The van der Waals surface area contributed by atoms with Crippen LogP contribution in [0.2, 0.25) is 0 Å². The minimum absolute atomic E-state index is 0.0800. The van der Waals surface area contributed by atoms with Crippen LogP contribution in [-0.4, -0.2) is 98.3 Å². The number of aromatic nitrogens is 2. The third kappa shape index (κ3) is 7.01. The topological polar surface area (TPSA) is 85.3 Å². The van der Waals surface area contributed by atoms with Crippen LogP contribution in [0.15, 0.2) is 48.5 Å². The SMILES string of the molecule is CC(=O)OC(CN1CCN(c2cc(N3CCCC3)nc(N3CCCC3)n2)CC1)CN(C(C)=O)c1ccc2ccccc2c1. The lowest BCUT2D eigenvalue weighted by molar-refractivity contribution is -0.147. The van der Waals surface area contributed by atoms with Gasteiger partial charge in [0.05, 0.1) is 6.54 Å². The average molecular weight is 586 g/mol. The van der Waals surface area contributed by atoms with Crippen molar-refractivity contribution in [3.05, 3.63) is 48.5 Å². The molecule has 228 valence electrons. The van der Waals surface area contributed by atoms with Crippen LogP contribution in [0.1, 0.15) is 39.5 Å². The standard InChI is InChI=1S/C33H43N7O3/c1-25(41)40(29-12-11-27-9-3-4-10-28(27)21-29)24-30(43-26(2)42)23-36-17-19-38(20-18-36)32-22-31(37-13-5-6-14-37)34-33(35-32)39-15-7-8-16-39/h3-4,9-12,21-22,30H,5-8,13-20,23-24H2,1-2H3. The fourth-order valence-corrected chi connectivity index (χ4v) is 6.52. The van der Waals surface area contributed by atoms with E-state index < -0.39 is 6.10 Å². The number of ether oxygens (including phenoxy) is 1. The Morgan fingerprint density at radius 2 is 1.37 bits per heavy atom. The molecule has 1 aromatic heterocycles. The maximum atomic E-state index is 12.8. The van der Waals surface area contributed by atoms with Crippen molar-refractivity contribution in [2.24, 2.45) is 0 Å². The maximum Gasteiger partial charge on any atom is 0.303 e. The molecular weight excluding hydrogens is 542 g/mol. The number of benzene rings is 2. The Morgan fingerprint density at radius 3 is 2.00 bits per heavy atom. The van der Waals surface area contributed by atoms with E-state index in [1.165, 1.54) is 32.6 Å². The molecule has 43 heavy (non-hydrogen) atoms. The lowest BCUT2D eigenvalue weighted by atomic mass is 10.1. The fraction of sp³-hybridized carbons (Fsp3) is 0.515. The van der Waals surface area contributed by atoms with Crippen molar-refractivity contribution in [1.82, 2.24) is 14.9 Å². The van der Waals surface area contributed by atoms with E-state index >= 15 is 0 Å². The number of nitrogens with zero attached hydrogens (tertiary/aromatic N) is 7. The number of anilines is 4. The van der Waals surface area contributed by atoms with E-state index in [9.17, 15) is 9.59 Å². The van der Waals surface area contributed by atoms with E-state index in [-0.39, 0.29) is 11.9 Å². The highest BCUT2D eigenvalue weighted by atomic mass is 16.5. The predicted molar refractivity (Wildman–Crippen MR) is 171 cm³/mol. The molecule has 3 fully saturated rings. The molecule has 0 aliphatic carbocycles. The van der Waals surface area contributed by atoms with Crippen LogP contribution in [0.4, 0.5) is 23.3 Å². The second-order valence-electron chi connectivity index (χ2n) is 12.0. The van der Waals surface area contributed by atoms with Crippen LogP contribution in [0.5, 0.6) is 0 Å². The van der Waals surface area contributed by atoms with Crippen molar-refractivity contribution in [3.8, 4) is 0 Å². The zero-order chi connectivity index (χ0) is 29.8.